The van der Waals surface area contributed by atoms with Gasteiger partial charge >= 0.3 is 0 Å². The van der Waals surface area contributed by atoms with E-state index in [4.69, 9.17) is 5.73 Å². The predicted molar refractivity (Wildman–Crippen MR) is 72.2 cm³/mol. The van der Waals surface area contributed by atoms with Gasteiger partial charge in [-0.2, -0.15) is 0 Å². The normalized spacial score (nSPS) is 20.1. The summed E-state index contributed by atoms with van der Waals surface area (Å²) in [5.41, 5.74) is 5.63. The third-order valence-corrected chi connectivity index (χ3v) is 3.92. The van der Waals surface area contributed by atoms with Gasteiger partial charge in [-0.05, 0) is 26.8 Å². The van der Waals surface area contributed by atoms with E-state index in [-0.39, 0.29) is 5.91 Å². The number of hydrogen-bond acceptors (Lipinski definition) is 4. The molecule has 1 aliphatic rings. The molecule has 0 unspecified atom stereocenters. The zero-order chi connectivity index (χ0) is 13.7. The highest BCUT2D eigenvalue weighted by Crippen LogP contribution is 2.21. The van der Waals surface area contributed by atoms with E-state index in [2.05, 4.69) is 11.9 Å². The largest absolute Gasteiger partial charge is 0.391 e. The van der Waals surface area contributed by atoms with Gasteiger partial charge in [-0.1, -0.05) is 12.8 Å². The Morgan fingerprint density at radius 2 is 1.89 bits per heavy atom. The van der Waals surface area contributed by atoms with Crippen LogP contribution in [0.3, 0.4) is 0 Å². The van der Waals surface area contributed by atoms with Crippen molar-refractivity contribution in [2.75, 3.05) is 27.2 Å². The topological polar surface area (TPSA) is 69.8 Å². The number of aliphatic hydroxyl groups is 1. The molecule has 1 saturated carbocycles. The lowest BCUT2D eigenvalue weighted by Crippen LogP contribution is -2.49. The predicted octanol–water partition coefficient (Wildman–Crippen LogP) is 0.0273. The summed E-state index contributed by atoms with van der Waals surface area (Å²) in [5.74, 6) is -0.190. The molecule has 0 saturated heterocycles. The van der Waals surface area contributed by atoms with Gasteiger partial charge in [-0.25, -0.2) is 0 Å². The fourth-order valence-corrected chi connectivity index (χ4v) is 2.41. The Morgan fingerprint density at radius 1 is 1.33 bits per heavy atom. The van der Waals surface area contributed by atoms with Crippen LogP contribution in [0.25, 0.3) is 0 Å². The second-order valence-electron chi connectivity index (χ2n) is 5.45. The standard InChI is InChI=1S/C13H27N3O2/c1-10(17)12(14)13(18)16(3)9-8-15(2)11-6-4-5-7-11/h10-12,17H,4-9,14H2,1-3H3/t10-,12+/m1/s1. The Hall–Kier alpha value is -0.650. The maximum atomic E-state index is 11.8. The van der Waals surface area contributed by atoms with Gasteiger partial charge in [0.05, 0.1) is 6.10 Å². The molecule has 106 valence electrons. The van der Waals surface area contributed by atoms with Crippen LogP contribution in [-0.2, 0) is 4.79 Å². The fraction of sp³-hybridized carbons (Fsp3) is 0.923. The molecule has 0 aromatic carbocycles. The van der Waals surface area contributed by atoms with Crippen LogP contribution in [0.5, 0.6) is 0 Å². The van der Waals surface area contributed by atoms with E-state index in [0.717, 1.165) is 6.54 Å². The van der Waals surface area contributed by atoms with Crippen molar-refractivity contribution in [1.29, 1.82) is 0 Å². The average Bonchev–Trinajstić information content (AvgIpc) is 2.87. The smallest absolute Gasteiger partial charge is 0.241 e. The van der Waals surface area contributed by atoms with E-state index in [9.17, 15) is 9.90 Å². The van der Waals surface area contributed by atoms with Crippen molar-refractivity contribution in [1.82, 2.24) is 9.80 Å². The van der Waals surface area contributed by atoms with Gasteiger partial charge in [0.25, 0.3) is 0 Å². The Kier molecular flexibility index (Phi) is 6.05. The summed E-state index contributed by atoms with van der Waals surface area (Å²) in [6.45, 7) is 3.06. The van der Waals surface area contributed by atoms with Crippen LogP contribution in [0.4, 0.5) is 0 Å². The van der Waals surface area contributed by atoms with Crippen LogP contribution in [0.2, 0.25) is 0 Å². The zero-order valence-corrected chi connectivity index (χ0v) is 11.8. The van der Waals surface area contributed by atoms with Crippen LogP contribution >= 0.6 is 0 Å². The summed E-state index contributed by atoms with van der Waals surface area (Å²) in [4.78, 5) is 15.8. The lowest BCUT2D eigenvalue weighted by molar-refractivity contribution is -0.133. The van der Waals surface area contributed by atoms with Gasteiger partial charge in [0.1, 0.15) is 6.04 Å². The lowest BCUT2D eigenvalue weighted by Gasteiger charge is -2.28. The lowest BCUT2D eigenvalue weighted by atomic mass is 10.1. The maximum Gasteiger partial charge on any atom is 0.241 e. The second kappa shape index (κ2) is 7.07. The molecule has 2 atom stereocenters. The van der Waals surface area contributed by atoms with Gasteiger partial charge in [-0.3, -0.25) is 4.79 Å². The number of amides is 1. The molecule has 0 aromatic heterocycles. The summed E-state index contributed by atoms with van der Waals surface area (Å²) in [5, 5.41) is 9.31. The van der Waals surface area contributed by atoms with Crippen molar-refractivity contribution in [3.8, 4) is 0 Å². The summed E-state index contributed by atoms with van der Waals surface area (Å²) in [6.07, 6.45) is 4.36. The molecule has 0 heterocycles. The maximum absolute atomic E-state index is 11.8. The van der Waals surface area contributed by atoms with Crippen molar-refractivity contribution in [3.63, 3.8) is 0 Å². The van der Waals surface area contributed by atoms with E-state index < -0.39 is 12.1 Å². The van der Waals surface area contributed by atoms with Gasteiger partial charge < -0.3 is 20.6 Å². The molecule has 18 heavy (non-hydrogen) atoms. The average molecular weight is 257 g/mol. The molecule has 0 radical (unpaired) electrons. The zero-order valence-electron chi connectivity index (χ0n) is 11.8. The minimum absolute atomic E-state index is 0.190. The highest BCUT2D eigenvalue weighted by molar-refractivity contribution is 5.81. The van der Waals surface area contributed by atoms with E-state index in [1.165, 1.54) is 25.7 Å². The molecule has 0 aliphatic heterocycles. The Balaban J connectivity index is 2.31. The minimum Gasteiger partial charge on any atom is -0.391 e. The van der Waals surface area contributed by atoms with E-state index in [1.54, 1.807) is 18.9 Å². The molecule has 1 aliphatic carbocycles. The highest BCUT2D eigenvalue weighted by atomic mass is 16.3. The van der Waals surface area contributed by atoms with Gasteiger partial charge in [0.15, 0.2) is 0 Å². The number of rotatable bonds is 6. The van der Waals surface area contributed by atoms with Gasteiger partial charge in [0, 0.05) is 26.2 Å². The number of carbonyl (C=O) groups excluding carboxylic acids is 1. The highest BCUT2D eigenvalue weighted by Gasteiger charge is 2.24. The van der Waals surface area contributed by atoms with Crippen LogP contribution in [0.15, 0.2) is 0 Å². The Morgan fingerprint density at radius 3 is 2.39 bits per heavy atom. The van der Waals surface area contributed by atoms with Crippen molar-refractivity contribution in [2.45, 2.75) is 50.8 Å². The number of hydrogen-bond donors (Lipinski definition) is 2. The molecule has 1 amide bonds. The summed E-state index contributed by atoms with van der Waals surface area (Å²) in [6, 6.07) is -0.147. The number of likely N-dealkylation sites (N-methyl/N-ethyl adjacent to an activating group) is 2. The van der Waals surface area contributed by atoms with Crippen LogP contribution < -0.4 is 5.73 Å². The van der Waals surface area contributed by atoms with Crippen LogP contribution in [0.1, 0.15) is 32.6 Å². The molecule has 0 aromatic rings. The molecule has 3 N–H and O–H groups in total. The number of nitrogens with zero attached hydrogens (tertiary/aromatic N) is 2. The third-order valence-electron chi connectivity index (χ3n) is 3.92. The molecule has 1 fully saturated rings. The monoisotopic (exact) mass is 257 g/mol. The number of nitrogens with two attached hydrogens (primary N) is 1. The Bertz CT molecular complexity index is 265. The minimum atomic E-state index is -0.813. The Labute approximate surface area is 110 Å². The van der Waals surface area contributed by atoms with Gasteiger partial charge in [0.2, 0.25) is 5.91 Å². The molecular formula is C13H27N3O2. The van der Waals surface area contributed by atoms with Crippen LogP contribution in [-0.4, -0.2) is 66.2 Å². The fourth-order valence-electron chi connectivity index (χ4n) is 2.41. The summed E-state index contributed by atoms with van der Waals surface area (Å²) >= 11 is 0. The first-order chi connectivity index (χ1) is 8.43. The van der Waals surface area contributed by atoms with Crippen molar-refractivity contribution >= 4 is 5.91 Å². The van der Waals surface area contributed by atoms with Crippen molar-refractivity contribution < 1.29 is 9.90 Å². The molecule has 0 bridgehead atoms. The first kappa shape index (κ1) is 15.4. The number of aliphatic hydroxyl groups excluding tert-OH is 1. The molecule has 5 heteroatoms. The van der Waals surface area contributed by atoms with Gasteiger partial charge in [-0.15, -0.1) is 0 Å². The quantitative estimate of drug-likeness (QED) is 0.704. The van der Waals surface area contributed by atoms with E-state index >= 15 is 0 Å². The first-order valence-corrected chi connectivity index (χ1v) is 6.82. The first-order valence-electron chi connectivity index (χ1n) is 6.82. The van der Waals surface area contributed by atoms with Crippen molar-refractivity contribution in [3.05, 3.63) is 0 Å². The number of carbonyl (C=O) groups is 1. The summed E-state index contributed by atoms with van der Waals surface area (Å²) in [7, 11) is 3.86. The summed E-state index contributed by atoms with van der Waals surface area (Å²) < 4.78 is 0. The van der Waals surface area contributed by atoms with Crippen LogP contribution in [0, 0.1) is 0 Å². The molecular weight excluding hydrogens is 230 g/mol. The second-order valence-corrected chi connectivity index (χ2v) is 5.45. The third kappa shape index (κ3) is 4.23. The molecule has 1 rings (SSSR count). The molecule has 5 nitrogen and oxygen atoms in total. The molecule has 0 spiro atoms. The van der Waals surface area contributed by atoms with E-state index in [0.29, 0.717) is 12.6 Å². The van der Waals surface area contributed by atoms with Crippen molar-refractivity contribution in [2.24, 2.45) is 5.73 Å². The van der Waals surface area contributed by atoms with E-state index in [1.807, 2.05) is 0 Å². The SMILES string of the molecule is C[C@@H](O)[C@H](N)C(=O)N(C)CCN(C)C1CCCC1.